The third kappa shape index (κ3) is 3.87. The Kier molecular flexibility index (Phi) is 5.06. The first-order chi connectivity index (χ1) is 11.5. The highest BCUT2D eigenvalue weighted by molar-refractivity contribution is 5.75. The maximum atomic E-state index is 13.3. The van der Waals surface area contributed by atoms with E-state index in [1.54, 1.807) is 12.1 Å². The minimum absolute atomic E-state index is 0.0406. The van der Waals surface area contributed by atoms with E-state index in [0.717, 1.165) is 38.0 Å². The minimum Gasteiger partial charge on any atom is -0.381 e. The minimum atomic E-state index is -0.227. The third-order valence-corrected chi connectivity index (χ3v) is 5.33. The Morgan fingerprint density at radius 1 is 1.38 bits per heavy atom. The molecule has 0 bridgehead atoms. The van der Waals surface area contributed by atoms with E-state index < -0.39 is 0 Å². The Labute approximate surface area is 142 Å². The van der Waals surface area contributed by atoms with Crippen LogP contribution in [0, 0.1) is 5.82 Å². The zero-order valence-corrected chi connectivity index (χ0v) is 14.3. The normalized spacial score (nSPS) is 25.3. The quantitative estimate of drug-likeness (QED) is 0.866. The summed E-state index contributed by atoms with van der Waals surface area (Å²) >= 11 is 0. The van der Waals surface area contributed by atoms with Gasteiger partial charge in [-0.3, -0.25) is 0 Å². The van der Waals surface area contributed by atoms with Gasteiger partial charge in [-0.2, -0.15) is 0 Å². The van der Waals surface area contributed by atoms with Crippen LogP contribution >= 0.6 is 0 Å². The first-order valence-electron chi connectivity index (χ1n) is 8.55. The van der Waals surface area contributed by atoms with Crippen LogP contribution < -0.4 is 10.6 Å². The molecule has 1 aromatic rings. The average Bonchev–Trinajstić information content (AvgIpc) is 3.33. The third-order valence-electron chi connectivity index (χ3n) is 5.33. The van der Waals surface area contributed by atoms with Crippen LogP contribution in [0.5, 0.6) is 0 Å². The smallest absolute Gasteiger partial charge is 0.315 e. The van der Waals surface area contributed by atoms with Gasteiger partial charge in [-0.25, -0.2) is 9.18 Å². The molecule has 132 valence electrons. The Balaban J connectivity index is 1.48. The molecule has 2 aliphatic rings. The van der Waals surface area contributed by atoms with Gasteiger partial charge >= 0.3 is 6.03 Å². The van der Waals surface area contributed by atoms with Crippen LogP contribution in [0.25, 0.3) is 0 Å². The fourth-order valence-corrected chi connectivity index (χ4v) is 3.46. The number of carbonyl (C=O) groups excluding carboxylic acids is 1. The summed E-state index contributed by atoms with van der Waals surface area (Å²) in [6.07, 6.45) is 2.69. The molecule has 1 aromatic carbocycles. The number of nitrogens with one attached hydrogen (secondary N) is 2. The predicted molar refractivity (Wildman–Crippen MR) is 90.6 cm³/mol. The number of carbonyl (C=O) groups is 1. The number of rotatable bonds is 5. The summed E-state index contributed by atoms with van der Waals surface area (Å²) in [6.45, 7) is 2.06. The van der Waals surface area contributed by atoms with Gasteiger partial charge in [0.15, 0.2) is 0 Å². The number of urea groups is 1. The Morgan fingerprint density at radius 3 is 2.79 bits per heavy atom. The van der Waals surface area contributed by atoms with Gasteiger partial charge in [0, 0.05) is 37.3 Å². The molecule has 1 aliphatic carbocycles. The van der Waals surface area contributed by atoms with E-state index in [1.807, 2.05) is 20.2 Å². The number of nitrogens with zero attached hydrogens (tertiary/aromatic N) is 1. The summed E-state index contributed by atoms with van der Waals surface area (Å²) in [5.41, 5.74) is 0.913. The van der Waals surface area contributed by atoms with Crippen molar-refractivity contribution in [2.24, 2.45) is 0 Å². The van der Waals surface area contributed by atoms with Crippen LogP contribution in [0.1, 0.15) is 30.7 Å². The van der Waals surface area contributed by atoms with Crippen molar-refractivity contribution in [3.63, 3.8) is 0 Å². The second kappa shape index (κ2) is 7.07. The lowest BCUT2D eigenvalue weighted by atomic mass is 9.88. The Hall–Kier alpha value is -1.66. The Bertz CT molecular complexity index is 587. The molecule has 0 spiro atoms. The molecule has 0 aromatic heterocycles. The van der Waals surface area contributed by atoms with Crippen molar-refractivity contribution >= 4 is 6.03 Å². The van der Waals surface area contributed by atoms with E-state index in [9.17, 15) is 9.18 Å². The topological polar surface area (TPSA) is 53.6 Å². The molecule has 1 heterocycles. The average molecular weight is 335 g/mol. The molecule has 2 fully saturated rings. The van der Waals surface area contributed by atoms with Crippen molar-refractivity contribution in [1.82, 2.24) is 15.5 Å². The summed E-state index contributed by atoms with van der Waals surface area (Å²) in [5.74, 6) is -0.00705. The van der Waals surface area contributed by atoms with Crippen molar-refractivity contribution in [3.05, 3.63) is 35.6 Å². The molecule has 3 rings (SSSR count). The highest BCUT2D eigenvalue weighted by Gasteiger charge is 2.40. The molecule has 5 nitrogen and oxygen atoms in total. The molecular formula is C18H26FN3O2. The fourth-order valence-electron chi connectivity index (χ4n) is 3.46. The number of benzene rings is 1. The highest BCUT2D eigenvalue weighted by atomic mass is 19.1. The number of hydrogen-bond acceptors (Lipinski definition) is 3. The van der Waals surface area contributed by atoms with Gasteiger partial charge in [0.2, 0.25) is 0 Å². The molecule has 0 radical (unpaired) electrons. The van der Waals surface area contributed by atoms with Crippen LogP contribution in [0.4, 0.5) is 9.18 Å². The largest absolute Gasteiger partial charge is 0.381 e. The van der Waals surface area contributed by atoms with Gasteiger partial charge < -0.3 is 20.3 Å². The molecule has 1 saturated carbocycles. The van der Waals surface area contributed by atoms with Gasteiger partial charge in [0.25, 0.3) is 0 Å². The van der Waals surface area contributed by atoms with Crippen molar-refractivity contribution < 1.29 is 13.9 Å². The van der Waals surface area contributed by atoms with E-state index in [4.69, 9.17) is 4.74 Å². The molecule has 2 N–H and O–H groups in total. The molecule has 1 saturated heterocycles. The molecule has 6 heteroatoms. The summed E-state index contributed by atoms with van der Waals surface area (Å²) in [5, 5.41) is 6.00. The van der Waals surface area contributed by atoms with Gasteiger partial charge in [-0.1, -0.05) is 12.1 Å². The second-order valence-electron chi connectivity index (χ2n) is 7.06. The van der Waals surface area contributed by atoms with Gasteiger partial charge in [0.1, 0.15) is 5.82 Å². The lowest BCUT2D eigenvalue weighted by Gasteiger charge is -2.42. The predicted octanol–water partition coefficient (Wildman–Crippen LogP) is 2.09. The van der Waals surface area contributed by atoms with Crippen molar-refractivity contribution in [1.29, 1.82) is 0 Å². The van der Waals surface area contributed by atoms with Crippen LogP contribution in [-0.4, -0.2) is 56.4 Å². The number of hydrogen-bond donors (Lipinski definition) is 2. The monoisotopic (exact) mass is 335 g/mol. The number of ether oxygens (including phenoxy) is 1. The number of halogens is 1. The SMILES string of the molecule is CN(C)C1(CNC(=O)N[C@H]2C[C@H]2c2cccc(F)c2)CCOCC1. The molecule has 2 atom stereocenters. The second-order valence-corrected chi connectivity index (χ2v) is 7.06. The number of likely N-dealkylation sites (N-methyl/N-ethyl adjacent to an activating group) is 1. The van der Waals surface area contributed by atoms with Crippen LogP contribution in [0.3, 0.4) is 0 Å². The summed E-state index contributed by atoms with van der Waals surface area (Å²) in [7, 11) is 4.09. The molecule has 0 unspecified atom stereocenters. The van der Waals surface area contributed by atoms with Crippen molar-refractivity contribution in [2.75, 3.05) is 33.9 Å². The first-order valence-corrected chi connectivity index (χ1v) is 8.55. The molecule has 2 amide bonds. The zero-order valence-electron chi connectivity index (χ0n) is 14.3. The van der Waals surface area contributed by atoms with E-state index in [0.29, 0.717) is 6.54 Å². The van der Waals surface area contributed by atoms with Crippen LogP contribution in [0.15, 0.2) is 24.3 Å². The van der Waals surface area contributed by atoms with E-state index in [2.05, 4.69) is 15.5 Å². The summed E-state index contributed by atoms with van der Waals surface area (Å²) < 4.78 is 18.7. The lowest BCUT2D eigenvalue weighted by molar-refractivity contribution is -0.00572. The van der Waals surface area contributed by atoms with Crippen LogP contribution in [0.2, 0.25) is 0 Å². The Morgan fingerprint density at radius 2 is 2.12 bits per heavy atom. The van der Waals surface area contributed by atoms with E-state index in [-0.39, 0.29) is 29.3 Å². The summed E-state index contributed by atoms with van der Waals surface area (Å²) in [4.78, 5) is 14.4. The molecule has 24 heavy (non-hydrogen) atoms. The van der Waals surface area contributed by atoms with Crippen LogP contribution in [-0.2, 0) is 4.74 Å². The van der Waals surface area contributed by atoms with Crippen molar-refractivity contribution in [2.45, 2.75) is 36.8 Å². The lowest BCUT2D eigenvalue weighted by Crippen LogP contribution is -2.56. The van der Waals surface area contributed by atoms with Gasteiger partial charge in [-0.15, -0.1) is 0 Å². The summed E-state index contributed by atoms with van der Waals surface area (Å²) in [6, 6.07) is 6.56. The number of amides is 2. The molecule has 1 aliphatic heterocycles. The highest BCUT2D eigenvalue weighted by Crippen LogP contribution is 2.40. The maximum absolute atomic E-state index is 13.3. The maximum Gasteiger partial charge on any atom is 0.315 e. The van der Waals surface area contributed by atoms with E-state index >= 15 is 0 Å². The fraction of sp³-hybridized carbons (Fsp3) is 0.611. The van der Waals surface area contributed by atoms with E-state index in [1.165, 1.54) is 6.07 Å². The molecular weight excluding hydrogens is 309 g/mol. The standard InChI is InChI=1S/C18H26FN3O2/c1-22(2)18(6-8-24-9-7-18)12-20-17(23)21-16-11-15(16)13-4-3-5-14(19)10-13/h3-5,10,15-16H,6-9,11-12H2,1-2H3,(H2,20,21,23)/t15-,16-/m0/s1. The van der Waals surface area contributed by atoms with Gasteiger partial charge in [0.05, 0.1) is 0 Å². The zero-order chi connectivity index (χ0) is 17.2. The first kappa shape index (κ1) is 17.2. The van der Waals surface area contributed by atoms with Gasteiger partial charge in [-0.05, 0) is 51.1 Å². The van der Waals surface area contributed by atoms with Crippen molar-refractivity contribution in [3.8, 4) is 0 Å².